The normalized spacial score (nSPS) is 15.6. The summed E-state index contributed by atoms with van der Waals surface area (Å²) in [6, 6.07) is 14.0. The zero-order chi connectivity index (χ0) is 21.5. The summed E-state index contributed by atoms with van der Waals surface area (Å²) in [6.45, 7) is 2.20. The van der Waals surface area contributed by atoms with E-state index in [1.165, 1.54) is 12.0 Å². The Hall–Kier alpha value is -3.55. The number of esters is 1. The first-order valence-corrected chi connectivity index (χ1v) is 9.64. The van der Waals surface area contributed by atoms with Gasteiger partial charge in [0, 0.05) is 18.7 Å². The summed E-state index contributed by atoms with van der Waals surface area (Å²) in [7, 11) is 1.52. The third-order valence-corrected chi connectivity index (χ3v) is 4.63. The van der Waals surface area contributed by atoms with Crippen molar-refractivity contribution >= 4 is 29.2 Å². The summed E-state index contributed by atoms with van der Waals surface area (Å²) in [5.41, 5.74) is 1.17. The van der Waals surface area contributed by atoms with E-state index in [9.17, 15) is 14.4 Å². The molecule has 1 N–H and O–H groups in total. The highest BCUT2D eigenvalue weighted by molar-refractivity contribution is 6.01. The van der Waals surface area contributed by atoms with Crippen LogP contribution in [0, 0.1) is 5.92 Å². The Labute approximate surface area is 174 Å². The summed E-state index contributed by atoms with van der Waals surface area (Å²) >= 11 is 0. The molecular weight excluding hydrogens is 388 g/mol. The molecule has 0 aliphatic carbocycles. The number of nitrogens with one attached hydrogen (secondary N) is 1. The maximum atomic E-state index is 12.4. The van der Waals surface area contributed by atoms with Crippen LogP contribution in [0.5, 0.6) is 11.5 Å². The van der Waals surface area contributed by atoms with E-state index < -0.39 is 24.4 Å². The summed E-state index contributed by atoms with van der Waals surface area (Å²) in [4.78, 5) is 38.3. The number of carbonyl (C=O) groups excluding carboxylic acids is 3. The first-order chi connectivity index (χ1) is 14.5. The second-order valence-corrected chi connectivity index (χ2v) is 6.69. The van der Waals surface area contributed by atoms with Crippen LogP contribution in [0.2, 0.25) is 0 Å². The van der Waals surface area contributed by atoms with Gasteiger partial charge in [-0.2, -0.15) is 0 Å². The summed E-state index contributed by atoms with van der Waals surface area (Å²) in [5, 5.41) is 2.65. The second kappa shape index (κ2) is 9.78. The molecule has 1 aliphatic rings. The van der Waals surface area contributed by atoms with Crippen LogP contribution in [0.3, 0.4) is 0 Å². The van der Waals surface area contributed by atoms with Gasteiger partial charge < -0.3 is 24.4 Å². The molecule has 0 bridgehead atoms. The second-order valence-electron chi connectivity index (χ2n) is 6.69. The van der Waals surface area contributed by atoms with Crippen LogP contribution in [-0.2, 0) is 19.1 Å². The van der Waals surface area contributed by atoms with Crippen molar-refractivity contribution in [3.8, 4) is 11.5 Å². The molecular formula is C22H24N2O6. The van der Waals surface area contributed by atoms with Gasteiger partial charge in [-0.15, -0.1) is 0 Å². The fraction of sp³-hybridized carbons (Fsp3) is 0.318. The molecule has 1 heterocycles. The number of carbonyl (C=O) groups is 3. The van der Waals surface area contributed by atoms with Crippen molar-refractivity contribution in [2.24, 2.45) is 5.92 Å². The van der Waals surface area contributed by atoms with Crippen molar-refractivity contribution in [2.45, 2.75) is 13.3 Å². The van der Waals surface area contributed by atoms with Crippen molar-refractivity contribution in [1.29, 1.82) is 0 Å². The van der Waals surface area contributed by atoms with E-state index in [0.717, 1.165) is 0 Å². The van der Waals surface area contributed by atoms with Gasteiger partial charge in [-0.05, 0) is 43.3 Å². The molecule has 1 aliphatic heterocycles. The fourth-order valence-electron chi connectivity index (χ4n) is 3.20. The molecule has 1 atom stereocenters. The van der Waals surface area contributed by atoms with Gasteiger partial charge in [0.15, 0.2) is 6.61 Å². The molecule has 0 radical (unpaired) electrons. The van der Waals surface area contributed by atoms with Gasteiger partial charge in [-0.3, -0.25) is 14.4 Å². The van der Waals surface area contributed by atoms with Gasteiger partial charge in [0.25, 0.3) is 5.91 Å². The SMILES string of the molecule is CCOc1ccc(NC(=O)COC(=O)[C@@H]2CC(=O)N(c3ccccc3OC)C2)cc1. The van der Waals surface area contributed by atoms with Crippen LogP contribution in [0.1, 0.15) is 13.3 Å². The average Bonchev–Trinajstić information content (AvgIpc) is 3.15. The molecule has 158 valence electrons. The lowest BCUT2D eigenvalue weighted by Gasteiger charge is -2.19. The molecule has 2 aromatic rings. The molecule has 2 aromatic carbocycles. The average molecular weight is 412 g/mol. The molecule has 8 heteroatoms. The number of nitrogens with zero attached hydrogens (tertiary/aromatic N) is 1. The molecule has 0 unspecified atom stereocenters. The van der Waals surface area contributed by atoms with Crippen molar-refractivity contribution in [3.63, 3.8) is 0 Å². The van der Waals surface area contributed by atoms with Gasteiger partial charge in [-0.1, -0.05) is 12.1 Å². The minimum absolute atomic E-state index is 0.0252. The highest BCUT2D eigenvalue weighted by Crippen LogP contribution is 2.33. The van der Waals surface area contributed by atoms with E-state index in [1.54, 1.807) is 48.5 Å². The molecule has 0 aromatic heterocycles. The molecule has 2 amide bonds. The first kappa shape index (κ1) is 21.2. The fourth-order valence-corrected chi connectivity index (χ4v) is 3.20. The van der Waals surface area contributed by atoms with Gasteiger partial charge >= 0.3 is 5.97 Å². The zero-order valence-electron chi connectivity index (χ0n) is 16.9. The number of methoxy groups -OCH3 is 1. The molecule has 0 saturated carbocycles. The largest absolute Gasteiger partial charge is 0.495 e. The third-order valence-electron chi connectivity index (χ3n) is 4.63. The minimum Gasteiger partial charge on any atom is -0.495 e. The molecule has 1 saturated heterocycles. The van der Waals surface area contributed by atoms with Gasteiger partial charge in [0.1, 0.15) is 11.5 Å². The molecule has 8 nitrogen and oxygen atoms in total. The number of hydrogen-bond acceptors (Lipinski definition) is 6. The maximum Gasteiger partial charge on any atom is 0.311 e. The topological polar surface area (TPSA) is 94.2 Å². The Balaban J connectivity index is 1.51. The quantitative estimate of drug-likeness (QED) is 0.670. The van der Waals surface area contributed by atoms with Crippen LogP contribution in [-0.4, -0.2) is 44.7 Å². The minimum atomic E-state index is -0.638. The van der Waals surface area contributed by atoms with E-state index >= 15 is 0 Å². The number of ether oxygens (including phenoxy) is 3. The zero-order valence-corrected chi connectivity index (χ0v) is 16.9. The van der Waals surface area contributed by atoms with Crippen LogP contribution in [0.25, 0.3) is 0 Å². The van der Waals surface area contributed by atoms with Crippen molar-refractivity contribution in [2.75, 3.05) is 37.1 Å². The van der Waals surface area contributed by atoms with E-state index in [0.29, 0.717) is 29.5 Å². The summed E-state index contributed by atoms with van der Waals surface area (Å²) in [5.74, 6) is -0.621. The maximum absolute atomic E-state index is 12.4. The molecule has 1 fully saturated rings. The Bertz CT molecular complexity index is 912. The number of amides is 2. The number of hydrogen-bond donors (Lipinski definition) is 1. The van der Waals surface area contributed by atoms with Crippen molar-refractivity contribution < 1.29 is 28.6 Å². The number of rotatable bonds is 8. The predicted octanol–water partition coefficient (Wildman–Crippen LogP) is 2.63. The van der Waals surface area contributed by atoms with Crippen molar-refractivity contribution in [3.05, 3.63) is 48.5 Å². The Morgan fingerprint density at radius 2 is 1.87 bits per heavy atom. The lowest BCUT2D eigenvalue weighted by atomic mass is 10.1. The lowest BCUT2D eigenvalue weighted by molar-refractivity contribution is -0.151. The van der Waals surface area contributed by atoms with Gasteiger partial charge in [-0.25, -0.2) is 0 Å². The van der Waals surface area contributed by atoms with Gasteiger partial charge in [0.05, 0.1) is 25.3 Å². The van der Waals surface area contributed by atoms with E-state index in [2.05, 4.69) is 5.32 Å². The Morgan fingerprint density at radius 1 is 1.13 bits per heavy atom. The number of anilines is 2. The van der Waals surface area contributed by atoms with E-state index in [1.807, 2.05) is 6.92 Å². The van der Waals surface area contributed by atoms with Crippen LogP contribution >= 0.6 is 0 Å². The molecule has 30 heavy (non-hydrogen) atoms. The molecule has 0 spiro atoms. The predicted molar refractivity (Wildman–Crippen MR) is 111 cm³/mol. The highest BCUT2D eigenvalue weighted by Gasteiger charge is 2.37. The monoisotopic (exact) mass is 412 g/mol. The van der Waals surface area contributed by atoms with Crippen LogP contribution in [0.4, 0.5) is 11.4 Å². The summed E-state index contributed by atoms with van der Waals surface area (Å²) < 4.78 is 15.8. The lowest BCUT2D eigenvalue weighted by Crippen LogP contribution is -2.28. The molecule has 3 rings (SSSR count). The number of benzene rings is 2. The smallest absolute Gasteiger partial charge is 0.311 e. The van der Waals surface area contributed by atoms with E-state index in [4.69, 9.17) is 14.2 Å². The Morgan fingerprint density at radius 3 is 2.57 bits per heavy atom. The van der Waals surface area contributed by atoms with Crippen LogP contribution < -0.4 is 19.7 Å². The standard InChI is InChI=1S/C22H24N2O6/c1-3-29-17-10-8-16(9-11-17)23-20(25)14-30-22(27)15-12-21(26)24(13-15)18-6-4-5-7-19(18)28-2/h4-11,15H,3,12-14H2,1-2H3,(H,23,25)/t15-/m1/s1. The highest BCUT2D eigenvalue weighted by atomic mass is 16.5. The number of para-hydroxylation sites is 2. The van der Waals surface area contributed by atoms with Crippen LogP contribution in [0.15, 0.2) is 48.5 Å². The van der Waals surface area contributed by atoms with Crippen molar-refractivity contribution in [1.82, 2.24) is 0 Å². The Kier molecular flexibility index (Phi) is 6.90. The van der Waals surface area contributed by atoms with E-state index in [-0.39, 0.29) is 18.9 Å². The third kappa shape index (κ3) is 5.08. The summed E-state index contributed by atoms with van der Waals surface area (Å²) in [6.07, 6.45) is 0.0252. The first-order valence-electron chi connectivity index (χ1n) is 9.64. The van der Waals surface area contributed by atoms with Gasteiger partial charge in [0.2, 0.25) is 5.91 Å².